The van der Waals surface area contributed by atoms with Gasteiger partial charge >= 0.3 is 0 Å². The van der Waals surface area contributed by atoms with Crippen LogP contribution in [0.15, 0.2) is 72.3 Å². The highest BCUT2D eigenvalue weighted by Gasteiger charge is 2.35. The quantitative estimate of drug-likeness (QED) is 0.659. The summed E-state index contributed by atoms with van der Waals surface area (Å²) in [5.41, 5.74) is 5.09. The number of rotatable bonds is 3. The maximum atomic E-state index is 9.76. The fourth-order valence-corrected chi connectivity index (χ4v) is 4.31. The summed E-state index contributed by atoms with van der Waals surface area (Å²) in [6, 6.07) is 14.2. The number of aryl methyl sites for hydroxylation is 1. The van der Waals surface area contributed by atoms with Crippen LogP contribution in [0.3, 0.4) is 0 Å². The van der Waals surface area contributed by atoms with Gasteiger partial charge in [0, 0.05) is 17.9 Å². The van der Waals surface area contributed by atoms with Gasteiger partial charge in [0.1, 0.15) is 29.3 Å². The standard InChI is InChI=1S/C26H26O2/c1-26(2,3)28-22-14-16-24-20(17-22)11-15-23(18-7-5-4-6-8-18)25(24)19-9-12-21(27)13-10-19/h5-10,12-14,16-17,23,25H,11,15H2,1-3H3/p+1/t23-,25+/m0/s1. The van der Waals surface area contributed by atoms with Gasteiger partial charge in [-0.25, -0.2) is 0 Å². The van der Waals surface area contributed by atoms with Crippen molar-refractivity contribution in [3.8, 4) is 11.5 Å². The highest BCUT2D eigenvalue weighted by Crippen LogP contribution is 2.46. The molecule has 142 valence electrons. The molecular formula is C26H27O2+. The Balaban J connectivity index is 1.77. The van der Waals surface area contributed by atoms with E-state index >= 15 is 0 Å². The van der Waals surface area contributed by atoms with Crippen molar-refractivity contribution in [3.63, 3.8) is 0 Å². The van der Waals surface area contributed by atoms with Gasteiger partial charge in [-0.2, -0.15) is 0 Å². The molecule has 4 rings (SSSR count). The van der Waals surface area contributed by atoms with Crippen LogP contribution in [0.4, 0.5) is 0 Å². The lowest BCUT2D eigenvalue weighted by Gasteiger charge is -2.34. The van der Waals surface area contributed by atoms with Gasteiger partial charge in [0.05, 0.1) is 17.7 Å². The highest BCUT2D eigenvalue weighted by molar-refractivity contribution is 5.49. The van der Waals surface area contributed by atoms with Crippen molar-refractivity contribution < 1.29 is 9.84 Å². The maximum absolute atomic E-state index is 9.76. The van der Waals surface area contributed by atoms with Crippen molar-refractivity contribution >= 4 is 0 Å². The molecule has 0 amide bonds. The fraction of sp³-hybridized carbons (Fsp3) is 0.308. The van der Waals surface area contributed by atoms with Crippen molar-refractivity contribution in [2.24, 2.45) is 5.92 Å². The van der Waals surface area contributed by atoms with Crippen molar-refractivity contribution in [1.82, 2.24) is 0 Å². The molecule has 0 saturated carbocycles. The number of allylic oxidation sites excluding steroid dienone is 6. The Bertz CT molecular complexity index is 939. The molecular weight excluding hydrogens is 344 g/mol. The van der Waals surface area contributed by atoms with Gasteiger partial charge in [-0.1, -0.05) is 18.2 Å². The van der Waals surface area contributed by atoms with E-state index in [0.29, 0.717) is 11.7 Å². The molecule has 0 aliphatic heterocycles. The molecule has 2 aliphatic carbocycles. The molecule has 0 heterocycles. The first kappa shape index (κ1) is 18.5. The number of ether oxygens (including phenoxy) is 1. The van der Waals surface area contributed by atoms with Crippen molar-refractivity contribution in [2.45, 2.75) is 45.1 Å². The van der Waals surface area contributed by atoms with Crippen LogP contribution in [-0.4, -0.2) is 10.7 Å². The normalized spacial score (nSPS) is 20.9. The topological polar surface area (TPSA) is 29.5 Å². The Morgan fingerprint density at radius 2 is 1.86 bits per heavy atom. The third kappa shape index (κ3) is 3.88. The van der Waals surface area contributed by atoms with Crippen LogP contribution >= 0.6 is 0 Å². The van der Waals surface area contributed by atoms with Crippen molar-refractivity contribution in [1.29, 1.82) is 0 Å². The van der Waals surface area contributed by atoms with E-state index in [2.05, 4.69) is 69.3 Å². The lowest BCUT2D eigenvalue weighted by molar-refractivity contribution is 0.130. The van der Waals surface area contributed by atoms with Gasteiger partial charge in [-0.3, -0.25) is 0 Å². The smallest absolute Gasteiger partial charge is 0.120 e. The van der Waals surface area contributed by atoms with Crippen LogP contribution in [0.2, 0.25) is 0 Å². The molecule has 2 aromatic carbocycles. The van der Waals surface area contributed by atoms with Crippen LogP contribution in [0, 0.1) is 12.0 Å². The molecule has 2 atom stereocenters. The predicted molar refractivity (Wildman–Crippen MR) is 114 cm³/mol. The average molecular weight is 372 g/mol. The molecule has 0 saturated heterocycles. The van der Waals surface area contributed by atoms with E-state index in [-0.39, 0.29) is 11.5 Å². The summed E-state index contributed by atoms with van der Waals surface area (Å²) in [5, 5.41) is 9.76. The number of phenols is 1. The first-order chi connectivity index (χ1) is 13.4. The van der Waals surface area contributed by atoms with Crippen molar-refractivity contribution in [2.75, 3.05) is 0 Å². The van der Waals surface area contributed by atoms with Crippen LogP contribution in [0.5, 0.6) is 11.5 Å². The second kappa shape index (κ2) is 7.30. The Hall–Kier alpha value is -2.83. The van der Waals surface area contributed by atoms with E-state index < -0.39 is 0 Å². The monoisotopic (exact) mass is 371 g/mol. The Morgan fingerprint density at radius 3 is 2.54 bits per heavy atom. The minimum absolute atomic E-state index is 0.206. The minimum atomic E-state index is -0.206. The van der Waals surface area contributed by atoms with Gasteiger partial charge < -0.3 is 9.84 Å². The van der Waals surface area contributed by atoms with Crippen LogP contribution in [0.1, 0.15) is 49.8 Å². The average Bonchev–Trinajstić information content (AvgIpc) is 2.67. The Kier molecular flexibility index (Phi) is 4.83. The number of phenolic OH excluding ortho intramolecular Hbond substituents is 1. The van der Waals surface area contributed by atoms with Gasteiger partial charge in [0.25, 0.3) is 0 Å². The van der Waals surface area contributed by atoms with Gasteiger partial charge in [0.15, 0.2) is 0 Å². The van der Waals surface area contributed by atoms with Crippen molar-refractivity contribution in [3.05, 3.63) is 95.1 Å². The van der Waals surface area contributed by atoms with E-state index in [1.54, 1.807) is 12.1 Å². The zero-order chi connectivity index (χ0) is 19.7. The third-order valence-corrected chi connectivity index (χ3v) is 5.42. The molecule has 1 N–H and O–H groups in total. The van der Waals surface area contributed by atoms with E-state index in [9.17, 15) is 5.11 Å². The minimum Gasteiger partial charge on any atom is -0.508 e. The highest BCUT2D eigenvalue weighted by atomic mass is 16.5. The number of hydrogen-bond acceptors (Lipinski definition) is 2. The molecule has 0 radical (unpaired) electrons. The predicted octanol–water partition coefficient (Wildman–Crippen LogP) is 6.12. The van der Waals surface area contributed by atoms with Gasteiger partial charge in [-0.05, 0) is 74.6 Å². The first-order valence-electron chi connectivity index (χ1n) is 9.97. The number of fused-ring (bicyclic) bond motifs is 1. The van der Waals surface area contributed by atoms with Gasteiger partial charge in [0.2, 0.25) is 0 Å². The lowest BCUT2D eigenvalue weighted by Crippen LogP contribution is -2.25. The summed E-state index contributed by atoms with van der Waals surface area (Å²) in [6.07, 6.45) is 13.6. The van der Waals surface area contributed by atoms with E-state index in [1.165, 1.54) is 22.3 Å². The zero-order valence-electron chi connectivity index (χ0n) is 16.8. The zero-order valence-corrected chi connectivity index (χ0v) is 16.8. The number of aromatic hydroxyl groups is 1. The van der Waals surface area contributed by atoms with E-state index in [0.717, 1.165) is 18.6 Å². The molecule has 2 aromatic rings. The molecule has 2 heteroatoms. The molecule has 0 fully saturated rings. The summed E-state index contributed by atoms with van der Waals surface area (Å²) in [4.78, 5) is 0. The molecule has 28 heavy (non-hydrogen) atoms. The number of hydrogen-bond donors (Lipinski definition) is 1. The van der Waals surface area contributed by atoms with E-state index in [1.807, 2.05) is 12.2 Å². The summed E-state index contributed by atoms with van der Waals surface area (Å²) in [6.45, 7) is 6.23. The summed E-state index contributed by atoms with van der Waals surface area (Å²) in [5.74, 6) is 1.90. The lowest BCUT2D eigenvalue weighted by atomic mass is 9.68. The molecule has 0 bridgehead atoms. The molecule has 0 unspecified atom stereocenters. The Morgan fingerprint density at radius 1 is 1.07 bits per heavy atom. The fourth-order valence-electron chi connectivity index (χ4n) is 4.31. The first-order valence-corrected chi connectivity index (χ1v) is 9.97. The Labute approximate surface area is 167 Å². The molecule has 2 nitrogen and oxygen atoms in total. The van der Waals surface area contributed by atoms with Crippen LogP contribution in [0.25, 0.3) is 0 Å². The third-order valence-electron chi connectivity index (χ3n) is 5.42. The summed E-state index contributed by atoms with van der Waals surface area (Å²) in [7, 11) is 0. The second-order valence-corrected chi connectivity index (χ2v) is 8.62. The number of benzene rings is 2. The van der Waals surface area contributed by atoms with Crippen LogP contribution < -0.4 is 4.74 Å². The van der Waals surface area contributed by atoms with E-state index in [4.69, 9.17) is 4.74 Å². The molecule has 2 aliphatic rings. The SMILES string of the molecule is CC(C)(C)Oc1ccc2c(c1)CC[C@@H](C1=CC=[C+]C=C1)[C@H]2c1ccc(O)cc1. The second-order valence-electron chi connectivity index (χ2n) is 8.62. The maximum Gasteiger partial charge on any atom is 0.120 e. The summed E-state index contributed by atoms with van der Waals surface area (Å²) < 4.78 is 6.10. The molecule has 0 aromatic heterocycles. The van der Waals surface area contributed by atoms with Crippen LogP contribution in [-0.2, 0) is 6.42 Å². The van der Waals surface area contributed by atoms with Gasteiger partial charge in [-0.15, -0.1) is 0 Å². The largest absolute Gasteiger partial charge is 0.508 e. The summed E-state index contributed by atoms with van der Waals surface area (Å²) >= 11 is 0. The molecule has 0 spiro atoms.